The maximum atomic E-state index is 12.4. The molecule has 0 bridgehead atoms. The topological polar surface area (TPSA) is 231 Å². The van der Waals surface area contributed by atoms with Crippen LogP contribution in [0.5, 0.6) is 0 Å². The number of carboxylic acids is 2. The van der Waals surface area contributed by atoms with Crippen LogP contribution in [0.1, 0.15) is 25.7 Å². The maximum absolute atomic E-state index is 12.4. The van der Waals surface area contributed by atoms with Crippen molar-refractivity contribution in [2.45, 2.75) is 43.8 Å². The fourth-order valence-corrected chi connectivity index (χ4v) is 2.33. The number of thiol groups is 1. The summed E-state index contributed by atoms with van der Waals surface area (Å²) >= 11 is 3.93. The molecule has 0 spiro atoms. The summed E-state index contributed by atoms with van der Waals surface area (Å²) in [6.45, 7) is -0.437. The van der Waals surface area contributed by atoms with Gasteiger partial charge in [-0.25, -0.2) is 4.79 Å². The molecule has 0 aliphatic rings. The van der Waals surface area contributed by atoms with Crippen molar-refractivity contribution in [3.05, 3.63) is 0 Å². The van der Waals surface area contributed by atoms with E-state index >= 15 is 0 Å². The maximum Gasteiger partial charge on any atom is 0.326 e. The molecule has 0 saturated heterocycles. The fourth-order valence-electron chi connectivity index (χ4n) is 2.07. The van der Waals surface area contributed by atoms with Crippen molar-refractivity contribution >= 4 is 48.2 Å². The molecule has 0 fully saturated rings. The van der Waals surface area contributed by atoms with Crippen LogP contribution >= 0.6 is 12.6 Å². The minimum Gasteiger partial charge on any atom is -0.481 e. The molecule has 3 unspecified atom stereocenters. The molecule has 9 N–H and O–H groups in total. The lowest BCUT2D eigenvalue weighted by atomic mass is 10.1. The van der Waals surface area contributed by atoms with Crippen molar-refractivity contribution in [2.24, 2.45) is 11.5 Å². The SMILES string of the molecule is NCC(=O)NC(CCC(=O)O)C(=O)NC(CS)C(=O)NC(CCC(N)=O)C(=O)O. The van der Waals surface area contributed by atoms with Crippen LogP contribution in [0.25, 0.3) is 0 Å². The molecule has 13 nitrogen and oxygen atoms in total. The minimum atomic E-state index is -1.42. The van der Waals surface area contributed by atoms with Crippen LogP contribution in [0.3, 0.4) is 0 Å². The Kier molecular flexibility index (Phi) is 12.0. The smallest absolute Gasteiger partial charge is 0.326 e. The summed E-state index contributed by atoms with van der Waals surface area (Å²) in [5, 5.41) is 24.5. The van der Waals surface area contributed by atoms with E-state index in [1.165, 1.54) is 0 Å². The highest BCUT2D eigenvalue weighted by Crippen LogP contribution is 2.02. The van der Waals surface area contributed by atoms with Crippen LogP contribution in [0.15, 0.2) is 0 Å². The number of hydrogen-bond acceptors (Lipinski definition) is 8. The van der Waals surface area contributed by atoms with E-state index in [1.54, 1.807) is 0 Å². The van der Waals surface area contributed by atoms with Gasteiger partial charge in [-0.05, 0) is 12.8 Å². The van der Waals surface area contributed by atoms with Gasteiger partial charge in [0.05, 0.1) is 6.54 Å². The fraction of sp³-hybridized carbons (Fsp3) is 0.600. The van der Waals surface area contributed by atoms with Gasteiger partial charge in [-0.2, -0.15) is 12.6 Å². The number of nitrogens with one attached hydrogen (secondary N) is 3. The van der Waals surface area contributed by atoms with Gasteiger partial charge in [0.25, 0.3) is 0 Å². The Morgan fingerprint density at radius 3 is 1.79 bits per heavy atom. The molecule has 0 aliphatic heterocycles. The van der Waals surface area contributed by atoms with Crippen LogP contribution in [-0.2, 0) is 28.8 Å². The molecule has 0 radical (unpaired) electrons. The van der Waals surface area contributed by atoms with Crippen LogP contribution < -0.4 is 27.4 Å². The Hall–Kier alpha value is -2.87. The van der Waals surface area contributed by atoms with Gasteiger partial charge >= 0.3 is 11.9 Å². The molecule has 14 heteroatoms. The number of primary amides is 1. The van der Waals surface area contributed by atoms with Gasteiger partial charge in [0.1, 0.15) is 18.1 Å². The van der Waals surface area contributed by atoms with E-state index < -0.39 is 66.7 Å². The number of rotatable bonds is 14. The van der Waals surface area contributed by atoms with Gasteiger partial charge in [0, 0.05) is 18.6 Å². The van der Waals surface area contributed by atoms with Crippen LogP contribution in [0.4, 0.5) is 0 Å². The number of carbonyl (C=O) groups excluding carboxylic acids is 4. The standard InChI is InChI=1S/C15H25N5O8S/c16-5-11(22)18-7(2-4-12(23)24)13(25)20-9(6-29)14(26)19-8(15(27)28)1-3-10(17)21/h7-9,29H,1-6,16H2,(H2,17,21)(H,18,22)(H,19,26)(H,20,25)(H,23,24)(H,27,28). The Bertz CT molecular complexity index is 644. The third-order valence-corrected chi connectivity index (χ3v) is 3.96. The molecule has 0 aliphatic carbocycles. The zero-order valence-corrected chi connectivity index (χ0v) is 16.3. The molecule has 29 heavy (non-hydrogen) atoms. The predicted octanol–water partition coefficient (Wildman–Crippen LogP) is -3.46. The third kappa shape index (κ3) is 10.9. The van der Waals surface area contributed by atoms with E-state index in [-0.39, 0.29) is 25.0 Å². The van der Waals surface area contributed by atoms with Gasteiger partial charge < -0.3 is 37.6 Å². The number of hydrogen-bond donors (Lipinski definition) is 8. The van der Waals surface area contributed by atoms with E-state index in [9.17, 15) is 28.8 Å². The first-order valence-electron chi connectivity index (χ1n) is 8.45. The lowest BCUT2D eigenvalue weighted by Crippen LogP contribution is -2.57. The van der Waals surface area contributed by atoms with Crippen LogP contribution in [0, 0.1) is 0 Å². The van der Waals surface area contributed by atoms with Gasteiger partial charge in [-0.3, -0.25) is 24.0 Å². The second-order valence-corrected chi connectivity index (χ2v) is 6.27. The van der Waals surface area contributed by atoms with E-state index in [1.807, 2.05) is 0 Å². The summed E-state index contributed by atoms with van der Waals surface area (Å²) in [6.07, 6.45) is -1.23. The quantitative estimate of drug-likeness (QED) is 0.127. The Balaban J connectivity index is 5.10. The molecule has 4 amide bonds. The largest absolute Gasteiger partial charge is 0.481 e. The molecular weight excluding hydrogens is 410 g/mol. The molecule has 164 valence electrons. The predicted molar refractivity (Wildman–Crippen MR) is 102 cm³/mol. The number of amides is 4. The van der Waals surface area contributed by atoms with Crippen molar-refractivity contribution in [3.8, 4) is 0 Å². The summed E-state index contributed by atoms with van der Waals surface area (Å²) in [6, 6.07) is -3.99. The molecule has 0 aromatic rings. The van der Waals surface area contributed by atoms with Gasteiger partial charge in [-0.15, -0.1) is 0 Å². The zero-order chi connectivity index (χ0) is 22.6. The van der Waals surface area contributed by atoms with Gasteiger partial charge in [-0.1, -0.05) is 0 Å². The molecular formula is C15H25N5O8S. The summed E-state index contributed by atoms with van der Waals surface area (Å²) in [4.78, 5) is 68.8. The summed E-state index contributed by atoms with van der Waals surface area (Å²) in [5.41, 5.74) is 10.1. The number of nitrogens with two attached hydrogens (primary N) is 2. The van der Waals surface area contributed by atoms with Crippen molar-refractivity contribution in [1.29, 1.82) is 0 Å². The lowest BCUT2D eigenvalue weighted by molar-refractivity contribution is -0.142. The van der Waals surface area contributed by atoms with E-state index in [2.05, 4.69) is 28.6 Å². The first kappa shape index (κ1) is 26.1. The molecule has 0 aromatic heterocycles. The van der Waals surface area contributed by atoms with Gasteiger partial charge in [0.2, 0.25) is 23.6 Å². The monoisotopic (exact) mass is 435 g/mol. The number of aliphatic carboxylic acids is 2. The van der Waals surface area contributed by atoms with Crippen molar-refractivity contribution < 1.29 is 39.0 Å². The Morgan fingerprint density at radius 1 is 0.828 bits per heavy atom. The average molecular weight is 435 g/mol. The van der Waals surface area contributed by atoms with E-state index in [0.717, 1.165) is 0 Å². The Morgan fingerprint density at radius 2 is 1.34 bits per heavy atom. The van der Waals surface area contributed by atoms with Crippen molar-refractivity contribution in [1.82, 2.24) is 16.0 Å². The van der Waals surface area contributed by atoms with Crippen molar-refractivity contribution in [2.75, 3.05) is 12.3 Å². The molecule has 0 heterocycles. The average Bonchev–Trinajstić information content (AvgIpc) is 2.64. The van der Waals surface area contributed by atoms with Crippen LogP contribution in [-0.4, -0.2) is 76.2 Å². The minimum absolute atomic E-state index is 0.226. The summed E-state index contributed by atoms with van der Waals surface area (Å²) in [5.74, 6) is -6.05. The van der Waals surface area contributed by atoms with Crippen LogP contribution in [0.2, 0.25) is 0 Å². The zero-order valence-electron chi connectivity index (χ0n) is 15.4. The highest BCUT2D eigenvalue weighted by Gasteiger charge is 2.29. The van der Waals surface area contributed by atoms with Gasteiger partial charge in [0.15, 0.2) is 0 Å². The third-order valence-electron chi connectivity index (χ3n) is 3.59. The Labute approximate surface area is 171 Å². The summed E-state index contributed by atoms with van der Waals surface area (Å²) in [7, 11) is 0. The highest BCUT2D eigenvalue weighted by atomic mass is 32.1. The molecule has 0 aromatic carbocycles. The molecule has 3 atom stereocenters. The number of carboxylic acid groups (broad SMARTS) is 2. The molecule has 0 saturated carbocycles. The summed E-state index contributed by atoms with van der Waals surface area (Å²) < 4.78 is 0. The highest BCUT2D eigenvalue weighted by molar-refractivity contribution is 7.80. The number of carbonyl (C=O) groups is 6. The van der Waals surface area contributed by atoms with Crippen molar-refractivity contribution in [3.63, 3.8) is 0 Å². The second kappa shape index (κ2) is 13.3. The second-order valence-electron chi connectivity index (χ2n) is 5.90. The normalized spacial score (nSPS) is 13.4. The lowest BCUT2D eigenvalue weighted by Gasteiger charge is -2.23. The first-order valence-corrected chi connectivity index (χ1v) is 9.09. The van der Waals surface area contributed by atoms with E-state index in [4.69, 9.17) is 21.7 Å². The van der Waals surface area contributed by atoms with E-state index in [0.29, 0.717) is 0 Å². The molecule has 0 rings (SSSR count). The first-order chi connectivity index (χ1) is 13.5.